The second kappa shape index (κ2) is 8.52. The van der Waals surface area contributed by atoms with Gasteiger partial charge in [0.15, 0.2) is 0 Å². The number of likely N-dealkylation sites (tertiary alicyclic amines) is 1. The molecular weight excluding hydrogens is 374 g/mol. The second-order valence-corrected chi connectivity index (χ2v) is 8.41. The third-order valence-corrected chi connectivity index (χ3v) is 5.99. The van der Waals surface area contributed by atoms with Gasteiger partial charge in [-0.2, -0.15) is 0 Å². The van der Waals surface area contributed by atoms with Crippen LogP contribution in [0.1, 0.15) is 66.0 Å². The molecule has 0 radical (unpaired) electrons. The molecule has 0 amide bonds. The zero-order valence-electron chi connectivity index (χ0n) is 18.5. The standard InChI is InChI=1S/C23H31N7/c1-14-8-9-24-21(11-14)29-22-12-20(27-18(5)28-22)19-7-6-10-30(13-19)17(4)23-25-15(2)16(3)26-23/h8-9,11-12,17,19H,6-7,10,13H2,1-5H3,(H,25,26)(H,24,27,28,29). The van der Waals surface area contributed by atoms with Crippen molar-refractivity contribution in [2.75, 3.05) is 18.4 Å². The van der Waals surface area contributed by atoms with E-state index < -0.39 is 0 Å². The van der Waals surface area contributed by atoms with E-state index in [9.17, 15) is 0 Å². The fraction of sp³-hybridized carbons (Fsp3) is 0.478. The molecule has 0 bridgehead atoms. The Bertz CT molecular complexity index is 1010. The number of aryl methyl sites for hydroxylation is 4. The topological polar surface area (TPSA) is 82.6 Å². The molecule has 4 rings (SSSR count). The Kier molecular flexibility index (Phi) is 5.81. The van der Waals surface area contributed by atoms with E-state index in [4.69, 9.17) is 9.97 Å². The minimum atomic E-state index is 0.261. The summed E-state index contributed by atoms with van der Waals surface area (Å²) in [4.78, 5) is 24.4. The van der Waals surface area contributed by atoms with E-state index in [-0.39, 0.29) is 6.04 Å². The monoisotopic (exact) mass is 405 g/mol. The Morgan fingerprint density at radius 1 is 1.10 bits per heavy atom. The zero-order chi connectivity index (χ0) is 21.3. The molecule has 0 aromatic carbocycles. The summed E-state index contributed by atoms with van der Waals surface area (Å²) in [6, 6.07) is 6.35. The number of nitrogens with one attached hydrogen (secondary N) is 2. The SMILES string of the molecule is Cc1ccnc(Nc2cc(C3CCCN(C(C)c4nc(C)c(C)[nH]4)C3)nc(C)n2)c1. The van der Waals surface area contributed by atoms with Gasteiger partial charge in [-0.1, -0.05) is 0 Å². The fourth-order valence-electron chi connectivity index (χ4n) is 4.15. The number of aromatic nitrogens is 5. The number of piperidine rings is 1. The lowest BCUT2D eigenvalue weighted by Crippen LogP contribution is -2.37. The molecule has 1 saturated heterocycles. The molecule has 0 aliphatic carbocycles. The van der Waals surface area contributed by atoms with Crippen LogP contribution in [0.4, 0.5) is 11.6 Å². The summed E-state index contributed by atoms with van der Waals surface area (Å²) in [5.74, 6) is 3.83. The first-order valence-corrected chi connectivity index (χ1v) is 10.7. The summed E-state index contributed by atoms with van der Waals surface area (Å²) in [6.45, 7) is 12.4. The molecular formula is C23H31N7. The number of nitrogens with zero attached hydrogens (tertiary/aromatic N) is 5. The summed E-state index contributed by atoms with van der Waals surface area (Å²) in [5, 5.41) is 3.34. The molecule has 2 unspecified atom stereocenters. The maximum Gasteiger partial charge on any atom is 0.135 e. The molecule has 4 heterocycles. The predicted octanol–water partition coefficient (Wildman–Crippen LogP) is 4.51. The number of hydrogen-bond acceptors (Lipinski definition) is 6. The molecule has 1 aliphatic rings. The van der Waals surface area contributed by atoms with E-state index >= 15 is 0 Å². The highest BCUT2D eigenvalue weighted by molar-refractivity contribution is 5.52. The van der Waals surface area contributed by atoms with Crippen molar-refractivity contribution in [2.45, 2.75) is 59.4 Å². The summed E-state index contributed by atoms with van der Waals surface area (Å²) < 4.78 is 0. The van der Waals surface area contributed by atoms with Crippen LogP contribution in [0.25, 0.3) is 0 Å². The van der Waals surface area contributed by atoms with Crippen LogP contribution in [-0.4, -0.2) is 42.9 Å². The molecule has 2 N–H and O–H groups in total. The van der Waals surface area contributed by atoms with Crippen molar-refractivity contribution in [2.24, 2.45) is 0 Å². The van der Waals surface area contributed by atoms with Gasteiger partial charge in [-0.25, -0.2) is 19.9 Å². The van der Waals surface area contributed by atoms with E-state index in [1.54, 1.807) is 0 Å². The molecule has 0 spiro atoms. The number of rotatable bonds is 5. The minimum absolute atomic E-state index is 0.261. The summed E-state index contributed by atoms with van der Waals surface area (Å²) >= 11 is 0. The van der Waals surface area contributed by atoms with Crippen LogP contribution in [0.2, 0.25) is 0 Å². The van der Waals surface area contributed by atoms with Gasteiger partial charge in [0.1, 0.15) is 23.3 Å². The normalized spacial score (nSPS) is 18.4. The molecule has 0 saturated carbocycles. The van der Waals surface area contributed by atoms with Crippen LogP contribution in [-0.2, 0) is 0 Å². The first-order chi connectivity index (χ1) is 14.4. The highest BCUT2D eigenvalue weighted by Gasteiger charge is 2.28. The van der Waals surface area contributed by atoms with E-state index in [0.717, 1.165) is 66.3 Å². The Morgan fingerprint density at radius 2 is 1.93 bits per heavy atom. The van der Waals surface area contributed by atoms with Crippen LogP contribution in [0.3, 0.4) is 0 Å². The van der Waals surface area contributed by atoms with Crippen molar-refractivity contribution in [1.82, 2.24) is 29.8 Å². The highest BCUT2D eigenvalue weighted by Crippen LogP contribution is 2.31. The quantitative estimate of drug-likeness (QED) is 0.650. The average molecular weight is 406 g/mol. The zero-order valence-corrected chi connectivity index (χ0v) is 18.5. The maximum atomic E-state index is 4.78. The maximum absolute atomic E-state index is 4.78. The number of aromatic amines is 1. The van der Waals surface area contributed by atoms with Crippen molar-refractivity contribution < 1.29 is 0 Å². The molecule has 1 aliphatic heterocycles. The molecule has 158 valence electrons. The van der Waals surface area contributed by atoms with E-state index in [2.05, 4.69) is 58.9 Å². The third-order valence-electron chi connectivity index (χ3n) is 5.99. The van der Waals surface area contributed by atoms with Crippen molar-refractivity contribution in [1.29, 1.82) is 0 Å². The van der Waals surface area contributed by atoms with E-state index in [1.807, 2.05) is 25.3 Å². The smallest absolute Gasteiger partial charge is 0.135 e. The van der Waals surface area contributed by atoms with Gasteiger partial charge >= 0.3 is 0 Å². The van der Waals surface area contributed by atoms with Crippen molar-refractivity contribution in [3.63, 3.8) is 0 Å². The summed E-state index contributed by atoms with van der Waals surface area (Å²) in [5.41, 5.74) is 4.50. The Labute approximate surface area is 178 Å². The number of imidazole rings is 1. The van der Waals surface area contributed by atoms with Gasteiger partial charge < -0.3 is 10.3 Å². The molecule has 3 aromatic heterocycles. The van der Waals surface area contributed by atoms with Crippen molar-refractivity contribution >= 4 is 11.6 Å². The van der Waals surface area contributed by atoms with Gasteiger partial charge in [0.2, 0.25) is 0 Å². The molecule has 30 heavy (non-hydrogen) atoms. The number of H-pyrrole nitrogens is 1. The number of hydrogen-bond donors (Lipinski definition) is 2. The van der Waals surface area contributed by atoms with Crippen LogP contribution in [0.15, 0.2) is 24.4 Å². The Morgan fingerprint density at radius 3 is 2.67 bits per heavy atom. The fourth-order valence-corrected chi connectivity index (χ4v) is 4.15. The van der Waals surface area contributed by atoms with Crippen LogP contribution < -0.4 is 5.32 Å². The van der Waals surface area contributed by atoms with Crippen molar-refractivity contribution in [3.8, 4) is 0 Å². The highest BCUT2D eigenvalue weighted by atomic mass is 15.2. The van der Waals surface area contributed by atoms with Gasteiger partial charge in [-0.3, -0.25) is 4.90 Å². The Balaban J connectivity index is 1.52. The first kappa shape index (κ1) is 20.5. The van der Waals surface area contributed by atoms with Gasteiger partial charge in [0.25, 0.3) is 0 Å². The first-order valence-electron chi connectivity index (χ1n) is 10.7. The number of anilines is 2. The predicted molar refractivity (Wildman–Crippen MR) is 119 cm³/mol. The molecule has 7 nitrogen and oxygen atoms in total. The van der Waals surface area contributed by atoms with E-state index in [1.165, 1.54) is 5.56 Å². The minimum Gasteiger partial charge on any atom is -0.345 e. The Hall–Kier alpha value is -2.80. The van der Waals surface area contributed by atoms with E-state index in [0.29, 0.717) is 5.92 Å². The molecule has 7 heteroatoms. The largest absolute Gasteiger partial charge is 0.345 e. The van der Waals surface area contributed by atoms with Crippen LogP contribution >= 0.6 is 0 Å². The van der Waals surface area contributed by atoms with Crippen LogP contribution in [0, 0.1) is 27.7 Å². The summed E-state index contributed by atoms with van der Waals surface area (Å²) in [6.07, 6.45) is 4.10. The summed E-state index contributed by atoms with van der Waals surface area (Å²) in [7, 11) is 0. The molecule has 3 aromatic rings. The van der Waals surface area contributed by atoms with Gasteiger partial charge in [0.05, 0.1) is 17.4 Å². The lowest BCUT2D eigenvalue weighted by molar-refractivity contribution is 0.152. The lowest BCUT2D eigenvalue weighted by atomic mass is 9.93. The molecule has 1 fully saturated rings. The third kappa shape index (κ3) is 4.51. The van der Waals surface area contributed by atoms with Crippen molar-refractivity contribution in [3.05, 3.63) is 58.7 Å². The van der Waals surface area contributed by atoms with Gasteiger partial charge in [0, 0.05) is 30.4 Å². The van der Waals surface area contributed by atoms with Gasteiger partial charge in [-0.15, -0.1) is 0 Å². The lowest BCUT2D eigenvalue weighted by Gasteiger charge is -2.36. The number of pyridine rings is 1. The second-order valence-electron chi connectivity index (χ2n) is 8.41. The molecule has 2 atom stereocenters. The van der Waals surface area contributed by atoms with Gasteiger partial charge in [-0.05, 0) is 71.7 Å². The van der Waals surface area contributed by atoms with Crippen LogP contribution in [0.5, 0.6) is 0 Å². The average Bonchev–Trinajstić information content (AvgIpc) is 3.05.